The van der Waals surface area contributed by atoms with Crippen LogP contribution in [0.15, 0.2) is 22.7 Å². The Bertz CT molecular complexity index is 635. The predicted octanol–water partition coefficient (Wildman–Crippen LogP) is 5.00. The number of halogens is 3. The fourth-order valence-electron chi connectivity index (χ4n) is 1.72. The Balaban J connectivity index is 2.65. The van der Waals surface area contributed by atoms with Gasteiger partial charge in [-0.1, -0.05) is 36.7 Å². The highest BCUT2D eigenvalue weighted by molar-refractivity contribution is 6.61. The number of carbonyl (C=O) groups excluding carboxylic acids is 1. The van der Waals surface area contributed by atoms with Crippen LogP contribution in [0.1, 0.15) is 25.5 Å². The normalized spacial score (nSPS) is 10.9. The van der Waals surface area contributed by atoms with E-state index in [0.717, 1.165) is 0 Å². The number of aromatic nitrogens is 1. The Morgan fingerprint density at radius 2 is 2.15 bits per heavy atom. The molecule has 4 nitrogen and oxygen atoms in total. The molecule has 0 N–H and O–H groups in total. The third-order valence-electron chi connectivity index (χ3n) is 2.58. The molecule has 20 heavy (non-hydrogen) atoms. The van der Waals surface area contributed by atoms with Crippen molar-refractivity contribution in [3.05, 3.63) is 34.8 Å². The Morgan fingerprint density at radius 3 is 2.70 bits per heavy atom. The summed E-state index contributed by atoms with van der Waals surface area (Å²) in [7, 11) is 0. The van der Waals surface area contributed by atoms with Gasteiger partial charge >= 0.3 is 5.43 Å². The van der Waals surface area contributed by atoms with Crippen LogP contribution in [0, 0.1) is 5.82 Å². The molecule has 1 aromatic heterocycles. The molecule has 0 aliphatic carbocycles. The summed E-state index contributed by atoms with van der Waals surface area (Å²) in [6, 6.07) is 4.17. The molecule has 0 bridgehead atoms. The van der Waals surface area contributed by atoms with E-state index in [1.54, 1.807) is 13.8 Å². The van der Waals surface area contributed by atoms with Gasteiger partial charge in [-0.2, -0.15) is 0 Å². The highest BCUT2D eigenvalue weighted by atomic mass is 35.5. The molecule has 0 amide bonds. The molecule has 0 saturated carbocycles. The lowest BCUT2D eigenvalue weighted by atomic mass is 10.1. The van der Waals surface area contributed by atoms with Gasteiger partial charge in [0.15, 0.2) is 11.5 Å². The maximum Gasteiger partial charge on any atom is 0.409 e. The number of carbonyl (C=O) groups is 1. The third-order valence-corrected chi connectivity index (χ3v) is 2.97. The Kier molecular flexibility index (Phi) is 4.30. The van der Waals surface area contributed by atoms with Crippen LogP contribution in [-0.2, 0) is 0 Å². The van der Waals surface area contributed by atoms with E-state index in [1.807, 2.05) is 0 Å². The summed E-state index contributed by atoms with van der Waals surface area (Å²) in [5.74, 6) is -0.471. The molecule has 0 aliphatic heterocycles. The quantitative estimate of drug-likeness (QED) is 0.748. The fraction of sp³-hybridized carbons (Fsp3) is 0.231. The molecular weight excluding hydrogens is 308 g/mol. The van der Waals surface area contributed by atoms with E-state index in [0.29, 0.717) is 0 Å². The smallest absolute Gasteiger partial charge is 0.408 e. The van der Waals surface area contributed by atoms with E-state index in [4.69, 9.17) is 32.5 Å². The first-order valence-electron chi connectivity index (χ1n) is 5.73. The van der Waals surface area contributed by atoms with Crippen molar-refractivity contribution in [3.63, 3.8) is 0 Å². The molecule has 0 spiro atoms. The van der Waals surface area contributed by atoms with E-state index in [2.05, 4.69) is 5.16 Å². The van der Waals surface area contributed by atoms with Crippen molar-refractivity contribution in [1.82, 2.24) is 5.16 Å². The molecule has 0 aliphatic rings. The second kappa shape index (κ2) is 5.81. The second-order valence-corrected chi connectivity index (χ2v) is 5.03. The molecule has 0 saturated heterocycles. The van der Waals surface area contributed by atoms with Gasteiger partial charge < -0.3 is 9.26 Å². The molecule has 2 aromatic rings. The highest BCUT2D eigenvalue weighted by Crippen LogP contribution is 2.40. The lowest BCUT2D eigenvalue weighted by Gasteiger charge is -2.06. The van der Waals surface area contributed by atoms with Crippen LogP contribution in [0.4, 0.5) is 9.18 Å². The maximum atomic E-state index is 13.9. The first kappa shape index (κ1) is 14.8. The van der Waals surface area contributed by atoms with Crippen molar-refractivity contribution in [2.75, 3.05) is 0 Å². The number of nitrogens with zero attached hydrogens (tertiary/aromatic N) is 1. The van der Waals surface area contributed by atoms with E-state index in [-0.39, 0.29) is 33.7 Å². The van der Waals surface area contributed by atoms with E-state index < -0.39 is 11.2 Å². The summed E-state index contributed by atoms with van der Waals surface area (Å²) < 4.78 is 23.9. The summed E-state index contributed by atoms with van der Waals surface area (Å²) in [6.45, 7) is 3.61. The van der Waals surface area contributed by atoms with Gasteiger partial charge in [0, 0.05) is 17.5 Å². The zero-order valence-corrected chi connectivity index (χ0v) is 12.1. The molecule has 0 fully saturated rings. The molecule has 0 atom stereocenters. The van der Waals surface area contributed by atoms with Crippen LogP contribution in [0.2, 0.25) is 5.02 Å². The molecule has 2 rings (SSSR count). The van der Waals surface area contributed by atoms with Crippen LogP contribution in [0.5, 0.6) is 5.75 Å². The van der Waals surface area contributed by atoms with Crippen LogP contribution >= 0.6 is 23.2 Å². The first-order chi connectivity index (χ1) is 9.41. The zero-order valence-electron chi connectivity index (χ0n) is 10.6. The molecule has 106 valence electrons. The Labute approximate surface area is 124 Å². The predicted molar refractivity (Wildman–Crippen MR) is 72.9 cm³/mol. The number of rotatable bonds is 3. The van der Waals surface area contributed by atoms with Crippen LogP contribution in [0.25, 0.3) is 11.3 Å². The summed E-state index contributed by atoms with van der Waals surface area (Å²) >= 11 is 11.2. The standard InChI is InChI=1S/C13H10Cl2FNO3/c1-6(2)11-12(19-13(15)18)10(17-20-11)9-7(14)4-3-5-8(9)16/h3-6H,1-2H3. The summed E-state index contributed by atoms with van der Waals surface area (Å²) in [5, 5.41) is 3.87. The van der Waals surface area contributed by atoms with Crippen LogP contribution in [-0.4, -0.2) is 10.6 Å². The average molecular weight is 318 g/mol. The van der Waals surface area contributed by atoms with Crippen molar-refractivity contribution in [3.8, 4) is 17.0 Å². The summed E-state index contributed by atoms with van der Waals surface area (Å²) in [4.78, 5) is 11.0. The third kappa shape index (κ3) is 2.78. The number of hydrogen-bond acceptors (Lipinski definition) is 4. The topological polar surface area (TPSA) is 52.3 Å². The molecule has 1 aromatic carbocycles. The molecule has 7 heteroatoms. The summed E-state index contributed by atoms with van der Waals surface area (Å²) in [5.41, 5.74) is -1.06. The van der Waals surface area contributed by atoms with Gasteiger partial charge in [-0.05, 0) is 12.1 Å². The lowest BCUT2D eigenvalue weighted by molar-refractivity contribution is 0.224. The van der Waals surface area contributed by atoms with Gasteiger partial charge in [0.1, 0.15) is 5.82 Å². The van der Waals surface area contributed by atoms with Crippen molar-refractivity contribution in [2.45, 2.75) is 19.8 Å². The second-order valence-electron chi connectivity index (χ2n) is 4.32. The van der Waals surface area contributed by atoms with Gasteiger partial charge in [-0.25, -0.2) is 9.18 Å². The fourth-order valence-corrected chi connectivity index (χ4v) is 2.05. The molecular formula is C13H10Cl2FNO3. The minimum absolute atomic E-state index is 0.00210. The lowest BCUT2D eigenvalue weighted by Crippen LogP contribution is -2.01. The van der Waals surface area contributed by atoms with E-state index >= 15 is 0 Å². The number of ether oxygens (including phenoxy) is 1. The highest BCUT2D eigenvalue weighted by Gasteiger charge is 2.26. The number of hydrogen-bond donors (Lipinski definition) is 0. The molecule has 1 heterocycles. The van der Waals surface area contributed by atoms with Crippen LogP contribution in [0.3, 0.4) is 0 Å². The SMILES string of the molecule is CC(C)c1onc(-c2c(F)cccc2Cl)c1OC(=O)Cl. The zero-order chi connectivity index (χ0) is 14.9. The van der Waals surface area contributed by atoms with Crippen molar-refractivity contribution in [1.29, 1.82) is 0 Å². The van der Waals surface area contributed by atoms with Gasteiger partial charge in [-0.15, -0.1) is 0 Å². The Morgan fingerprint density at radius 1 is 1.45 bits per heavy atom. The van der Waals surface area contributed by atoms with E-state index in [1.165, 1.54) is 18.2 Å². The Hall–Kier alpha value is -1.59. The van der Waals surface area contributed by atoms with Gasteiger partial charge in [0.05, 0.1) is 10.6 Å². The molecule has 0 unspecified atom stereocenters. The monoisotopic (exact) mass is 317 g/mol. The van der Waals surface area contributed by atoms with Crippen molar-refractivity contribution < 1.29 is 18.4 Å². The maximum absolute atomic E-state index is 13.9. The minimum atomic E-state index is -1.07. The van der Waals surface area contributed by atoms with Gasteiger partial charge in [0.2, 0.25) is 5.75 Å². The van der Waals surface area contributed by atoms with Gasteiger partial charge in [0.25, 0.3) is 0 Å². The summed E-state index contributed by atoms with van der Waals surface area (Å²) in [6.07, 6.45) is 0. The van der Waals surface area contributed by atoms with E-state index in [9.17, 15) is 9.18 Å². The van der Waals surface area contributed by atoms with Crippen molar-refractivity contribution >= 4 is 28.6 Å². The largest absolute Gasteiger partial charge is 0.409 e. The molecule has 0 radical (unpaired) electrons. The first-order valence-corrected chi connectivity index (χ1v) is 6.48. The average Bonchev–Trinajstić information content (AvgIpc) is 2.72. The van der Waals surface area contributed by atoms with Crippen LogP contribution < -0.4 is 4.74 Å². The number of benzene rings is 1. The minimum Gasteiger partial charge on any atom is -0.408 e. The van der Waals surface area contributed by atoms with Gasteiger partial charge in [-0.3, -0.25) is 0 Å². The van der Waals surface area contributed by atoms with Crippen molar-refractivity contribution in [2.24, 2.45) is 0 Å².